The fourth-order valence-electron chi connectivity index (χ4n) is 12.7. The summed E-state index contributed by atoms with van der Waals surface area (Å²) in [6.45, 7) is 4.80. The van der Waals surface area contributed by atoms with Crippen molar-refractivity contribution in [2.75, 3.05) is 9.80 Å². The van der Waals surface area contributed by atoms with E-state index in [0.717, 1.165) is 18.5 Å². The quantitative estimate of drug-likeness (QED) is 0.153. The molecule has 0 saturated heterocycles. The first kappa shape index (κ1) is 42.2. The normalized spacial score (nSPS) is 16.0. The predicted octanol–water partition coefficient (Wildman–Crippen LogP) is 18.2. The fraction of sp³-hybridized carbons (Fsp3) is 0.0857. The molecule has 14 rings (SSSR count). The minimum absolute atomic E-state index is 0.186. The molecule has 0 atom stereocenters. The van der Waals surface area contributed by atoms with Gasteiger partial charge in [-0.1, -0.05) is 220 Å². The Bertz CT molecular complexity index is 3750. The zero-order valence-corrected chi connectivity index (χ0v) is 40.6. The van der Waals surface area contributed by atoms with E-state index in [1.165, 1.54) is 117 Å². The Labute approximate surface area is 423 Å². The van der Waals surface area contributed by atoms with Crippen molar-refractivity contribution in [3.63, 3.8) is 0 Å². The molecule has 342 valence electrons. The second kappa shape index (κ2) is 16.4. The fourth-order valence-corrected chi connectivity index (χ4v) is 12.7. The molecule has 0 radical (unpaired) electrons. The van der Waals surface area contributed by atoms with Gasteiger partial charge in [0.05, 0.1) is 22.5 Å². The molecule has 0 aromatic heterocycles. The monoisotopic (exact) mass is 920 g/mol. The number of nitrogens with zero attached hydrogens (tertiary/aromatic N) is 2. The van der Waals surface area contributed by atoms with Crippen LogP contribution in [0.1, 0.15) is 87.9 Å². The molecule has 9 aromatic rings. The van der Waals surface area contributed by atoms with Crippen molar-refractivity contribution in [3.8, 4) is 22.3 Å². The highest BCUT2D eigenvalue weighted by Gasteiger charge is 2.47. The maximum atomic E-state index is 2.52. The van der Waals surface area contributed by atoms with Crippen molar-refractivity contribution >= 4 is 58.8 Å². The van der Waals surface area contributed by atoms with Gasteiger partial charge in [0, 0.05) is 22.5 Å². The lowest BCUT2D eigenvalue weighted by Crippen LogP contribution is -2.29. The first-order valence-corrected chi connectivity index (χ1v) is 25.5. The molecular formula is C70H52N2. The highest BCUT2D eigenvalue weighted by atomic mass is 15.2. The molecule has 0 unspecified atom stereocenters. The number of hydrogen-bond acceptors (Lipinski definition) is 2. The first-order valence-electron chi connectivity index (χ1n) is 25.5. The van der Waals surface area contributed by atoms with Crippen LogP contribution in [0.4, 0.5) is 28.4 Å². The molecule has 0 fully saturated rings. The Morgan fingerprint density at radius 1 is 0.389 bits per heavy atom. The van der Waals surface area contributed by atoms with Gasteiger partial charge in [-0.05, 0) is 150 Å². The van der Waals surface area contributed by atoms with Crippen molar-refractivity contribution in [2.24, 2.45) is 0 Å². The Balaban J connectivity index is 0.857. The average molecular weight is 921 g/mol. The van der Waals surface area contributed by atoms with Crippen LogP contribution in [-0.4, -0.2) is 0 Å². The van der Waals surface area contributed by atoms with Crippen LogP contribution in [0, 0.1) is 0 Å². The standard InChI is InChI=1S/C70H52N2/c1-69(2)61-43-47(31-39-57(61)58-41-37-55(45-62(58)69)71-65-25-13-9-17-49(65)33-34-50-18-10-14-26-66(50)71)29-30-48-32-40-59-60-42-38-56(72-67-27-15-11-19-51(67)35-36-52-20-12-16-28-68(52)72)46-64(60)70(63(59)44-48,53-21-5-3-6-22-53)54-23-7-4-8-24-54/h3-13,15-25,27-46H,14,26H2,1-2H3/b30-29+. The van der Waals surface area contributed by atoms with Crippen LogP contribution in [0.5, 0.6) is 0 Å². The van der Waals surface area contributed by atoms with Gasteiger partial charge >= 0.3 is 0 Å². The topological polar surface area (TPSA) is 6.48 Å². The number of allylic oxidation sites excluding steroid dienone is 5. The highest BCUT2D eigenvalue weighted by molar-refractivity contribution is 5.96. The molecule has 0 bridgehead atoms. The van der Waals surface area contributed by atoms with E-state index in [1.807, 2.05) is 0 Å². The third kappa shape index (κ3) is 6.42. The van der Waals surface area contributed by atoms with Crippen molar-refractivity contribution < 1.29 is 0 Å². The van der Waals surface area contributed by atoms with E-state index in [1.54, 1.807) is 0 Å². The summed E-state index contributed by atoms with van der Waals surface area (Å²) in [6, 6.07) is 77.2. The summed E-state index contributed by atoms with van der Waals surface area (Å²) in [7, 11) is 0. The average Bonchev–Trinajstić information content (AvgIpc) is 3.65. The predicted molar refractivity (Wildman–Crippen MR) is 303 cm³/mol. The van der Waals surface area contributed by atoms with E-state index >= 15 is 0 Å². The van der Waals surface area contributed by atoms with Crippen LogP contribution in [0.25, 0.3) is 52.6 Å². The number of para-hydroxylation sites is 3. The van der Waals surface area contributed by atoms with Crippen LogP contribution in [-0.2, 0) is 10.8 Å². The zero-order valence-electron chi connectivity index (χ0n) is 40.6. The maximum Gasteiger partial charge on any atom is 0.0714 e. The van der Waals surface area contributed by atoms with Crippen LogP contribution in [0.3, 0.4) is 0 Å². The van der Waals surface area contributed by atoms with Gasteiger partial charge < -0.3 is 9.80 Å². The minimum Gasteiger partial charge on any atom is -0.313 e. The summed E-state index contributed by atoms with van der Waals surface area (Å²) in [5.41, 5.74) is 26.8. The molecular weight excluding hydrogens is 869 g/mol. The van der Waals surface area contributed by atoms with Gasteiger partial charge in [-0.2, -0.15) is 0 Å². The van der Waals surface area contributed by atoms with Crippen LogP contribution in [0.15, 0.2) is 236 Å². The summed E-state index contributed by atoms with van der Waals surface area (Å²) in [6.07, 6.45) is 20.4. The molecule has 3 aliphatic carbocycles. The van der Waals surface area contributed by atoms with Crippen molar-refractivity contribution in [1.29, 1.82) is 0 Å². The van der Waals surface area contributed by atoms with Crippen LogP contribution in [0.2, 0.25) is 0 Å². The van der Waals surface area contributed by atoms with Gasteiger partial charge in [-0.3, -0.25) is 0 Å². The number of rotatable bonds is 6. The number of hydrogen-bond donors (Lipinski definition) is 0. The molecule has 2 aliphatic heterocycles. The zero-order chi connectivity index (χ0) is 48.0. The Morgan fingerprint density at radius 3 is 1.40 bits per heavy atom. The smallest absolute Gasteiger partial charge is 0.0714 e. The first-order chi connectivity index (χ1) is 35.4. The number of fused-ring (bicyclic) bond motifs is 9. The molecule has 0 spiro atoms. The molecule has 0 amide bonds. The summed E-state index contributed by atoms with van der Waals surface area (Å²) < 4.78 is 0. The number of anilines is 5. The van der Waals surface area contributed by atoms with Gasteiger partial charge in [0.1, 0.15) is 0 Å². The number of benzene rings is 9. The molecule has 0 N–H and O–H groups in total. The molecule has 72 heavy (non-hydrogen) atoms. The van der Waals surface area contributed by atoms with Gasteiger partial charge in [-0.15, -0.1) is 0 Å². The minimum atomic E-state index is -0.573. The van der Waals surface area contributed by atoms with Gasteiger partial charge in [0.15, 0.2) is 0 Å². The summed E-state index contributed by atoms with van der Waals surface area (Å²) in [5.74, 6) is 0. The van der Waals surface area contributed by atoms with Crippen molar-refractivity contribution in [2.45, 2.75) is 37.5 Å². The summed E-state index contributed by atoms with van der Waals surface area (Å²) in [4.78, 5) is 4.97. The second-order valence-corrected chi connectivity index (χ2v) is 20.4. The second-order valence-electron chi connectivity index (χ2n) is 20.4. The van der Waals surface area contributed by atoms with Crippen LogP contribution >= 0.6 is 0 Å². The lowest BCUT2D eigenvalue weighted by molar-refractivity contribution is 0.660. The third-order valence-corrected chi connectivity index (χ3v) is 16.1. The van der Waals surface area contributed by atoms with Crippen molar-refractivity contribution in [3.05, 3.63) is 297 Å². The largest absolute Gasteiger partial charge is 0.313 e. The van der Waals surface area contributed by atoms with Crippen molar-refractivity contribution in [1.82, 2.24) is 0 Å². The molecule has 9 aromatic carbocycles. The molecule has 2 heterocycles. The lowest BCUT2D eigenvalue weighted by Gasteiger charge is -2.35. The van der Waals surface area contributed by atoms with E-state index in [4.69, 9.17) is 0 Å². The SMILES string of the molecule is CC1(C)c2cc(/C=C/c3ccc4c(c3)C(c3ccccc3)(c3ccccc3)c3cc(N5c6ccccc6C=Cc6ccccc65)ccc3-4)ccc2-c2ccc(N3C4=C(C=CCC4)C=Cc4ccccc43)cc21. The lowest BCUT2D eigenvalue weighted by atomic mass is 9.67. The molecule has 0 saturated carbocycles. The third-order valence-electron chi connectivity index (χ3n) is 16.1. The van der Waals surface area contributed by atoms with Gasteiger partial charge in [0.2, 0.25) is 0 Å². The van der Waals surface area contributed by atoms with Gasteiger partial charge in [0.25, 0.3) is 0 Å². The molecule has 2 heteroatoms. The van der Waals surface area contributed by atoms with Gasteiger partial charge in [-0.25, -0.2) is 0 Å². The Morgan fingerprint density at radius 2 is 0.819 bits per heavy atom. The van der Waals surface area contributed by atoms with E-state index in [0.29, 0.717) is 0 Å². The maximum absolute atomic E-state index is 2.52. The molecule has 2 nitrogen and oxygen atoms in total. The molecule has 5 aliphatic rings. The van der Waals surface area contributed by atoms with E-state index < -0.39 is 5.41 Å². The van der Waals surface area contributed by atoms with Crippen LogP contribution < -0.4 is 9.80 Å². The Kier molecular flexibility index (Phi) is 9.63. The van der Waals surface area contributed by atoms with E-state index in [2.05, 4.69) is 279 Å². The summed E-state index contributed by atoms with van der Waals surface area (Å²) >= 11 is 0. The summed E-state index contributed by atoms with van der Waals surface area (Å²) in [5, 5.41) is 0. The Hall–Kier alpha value is -8.72. The van der Waals surface area contributed by atoms with E-state index in [9.17, 15) is 0 Å². The van der Waals surface area contributed by atoms with E-state index in [-0.39, 0.29) is 5.41 Å². The highest BCUT2D eigenvalue weighted by Crippen LogP contribution is 2.58.